The highest BCUT2D eigenvalue weighted by Crippen LogP contribution is 2.52. The van der Waals surface area contributed by atoms with E-state index in [9.17, 15) is 0 Å². The summed E-state index contributed by atoms with van der Waals surface area (Å²) in [6, 6.07) is 123. The molecule has 8 aromatic heterocycles. The number of fused-ring (bicyclic) bond motifs is 18. The molecular weight excluding hydrogens is 1720 g/mol. The molecule has 0 amide bonds. The van der Waals surface area contributed by atoms with Crippen LogP contribution in [0.25, 0.3) is 210 Å². The zero-order valence-electron chi connectivity index (χ0n) is 78.3. The first-order chi connectivity index (χ1) is 66.3. The number of hydrogen-bond donors (Lipinski definition) is 0. The summed E-state index contributed by atoms with van der Waals surface area (Å²) in [5.74, 6) is 0. The Bertz CT molecular complexity index is 9060. The predicted octanol–water partition coefficient (Wildman–Crippen LogP) is 34.2. The van der Waals surface area contributed by atoms with Gasteiger partial charge in [0.05, 0.1) is 123 Å². The van der Waals surface area contributed by atoms with E-state index >= 15 is 26.3 Å². The first-order valence-electron chi connectivity index (χ1n) is 47.2. The fourth-order valence-corrected chi connectivity index (χ4v) is 21.8. The number of aromatic nitrogens is 8. The Hall–Kier alpha value is -15.8. The minimum Gasteiger partial charge on any atom is -0.309 e. The van der Waals surface area contributed by atoms with Crippen molar-refractivity contribution in [3.05, 3.63) is 409 Å². The molecule has 0 N–H and O–H groups in total. The molecule has 8 nitrogen and oxygen atoms in total. The first kappa shape index (κ1) is 85.1. The molecule has 0 spiro atoms. The second-order valence-electron chi connectivity index (χ2n) is 40.9. The van der Waals surface area contributed by atoms with Crippen molar-refractivity contribution in [2.24, 2.45) is 0 Å². The van der Waals surface area contributed by atoms with E-state index in [0.29, 0.717) is 46.1 Å². The number of hydrogen-bond acceptors (Lipinski definition) is 2. The van der Waals surface area contributed by atoms with Crippen molar-refractivity contribution in [1.82, 2.24) is 37.4 Å². The van der Waals surface area contributed by atoms with Gasteiger partial charge in [0.15, 0.2) is 0 Å². The van der Waals surface area contributed by atoms with Crippen molar-refractivity contribution in [2.45, 2.75) is 117 Å². The molecule has 0 saturated heterocycles. The van der Waals surface area contributed by atoms with Crippen LogP contribution >= 0.6 is 0 Å². The predicted molar refractivity (Wildman–Crippen MR) is 559 cm³/mol. The highest BCUT2D eigenvalue weighted by Gasteiger charge is 2.40. The lowest BCUT2D eigenvalue weighted by molar-refractivity contribution is -0.137. The van der Waals surface area contributed by atoms with Gasteiger partial charge in [-0.05, 0) is 220 Å². The van der Waals surface area contributed by atoms with Gasteiger partial charge in [0, 0.05) is 98.3 Å². The second kappa shape index (κ2) is 31.1. The van der Waals surface area contributed by atoms with Crippen LogP contribution in [0, 0.1) is 0 Å². The Morgan fingerprint density at radius 3 is 0.848 bits per heavy atom. The zero-order chi connectivity index (χ0) is 94.7. The molecule has 0 atom stereocenters. The monoisotopic (exact) mass is 1810 g/mol. The van der Waals surface area contributed by atoms with E-state index in [1.165, 1.54) is 12.1 Å². The zero-order valence-corrected chi connectivity index (χ0v) is 78.3. The molecule has 0 aliphatic rings. The summed E-state index contributed by atoms with van der Waals surface area (Å²) < 4.78 is 115. The van der Waals surface area contributed by atoms with Crippen molar-refractivity contribution in [1.29, 1.82) is 0 Å². The van der Waals surface area contributed by atoms with Crippen LogP contribution in [0.5, 0.6) is 0 Å². The van der Waals surface area contributed by atoms with Crippen molar-refractivity contribution >= 4 is 131 Å². The Morgan fingerprint density at radius 1 is 0.210 bits per heavy atom. The number of benzene rings is 16. The van der Waals surface area contributed by atoms with Gasteiger partial charge in [0.25, 0.3) is 0 Å². The van der Waals surface area contributed by atoms with E-state index in [-0.39, 0.29) is 38.8 Å². The molecule has 8 heterocycles. The largest absolute Gasteiger partial charge is 0.417 e. The van der Waals surface area contributed by atoms with Gasteiger partial charge in [-0.2, -0.15) is 26.3 Å². The van der Waals surface area contributed by atoms with E-state index < -0.39 is 28.9 Å². The van der Waals surface area contributed by atoms with E-state index in [2.05, 4.69) is 317 Å². The summed E-state index contributed by atoms with van der Waals surface area (Å²) in [5.41, 5.74) is 19.1. The van der Waals surface area contributed by atoms with E-state index in [4.69, 9.17) is 9.97 Å². The SMILES string of the molecule is CC(C)(C)c1ccc2c(c1)c1cc(C(C)(C)C)ccc1n2-c1cc(C(F)(F)F)c(-c2cccc(-c3ccccc3)n2)cc1-n1c2ccc(C(C)(C)C)cc2c2cc(C(C)(C)Cc3ccc4c(c3)c3ccccc3n4-c3ccc4c5ccccc5n(-c5cc(C(F)(F)F)c(-c6cccc(-c7ccccc7)n6)cc5-n5c6ccccc6c6ccc(-n7c8ccccc8c8ccccc87)cc65)c4c3)ccc21. The second-order valence-corrected chi connectivity index (χ2v) is 40.9. The quantitative estimate of drug-likeness (QED) is 0.108. The molecule has 0 radical (unpaired) electrons. The molecular formula is C124H96F6N8. The molecule has 0 aliphatic heterocycles. The van der Waals surface area contributed by atoms with Crippen LogP contribution in [-0.2, 0) is 40.4 Å². The van der Waals surface area contributed by atoms with Crippen LogP contribution in [0.15, 0.2) is 370 Å². The minimum absolute atomic E-state index is 0.0467. The average Bonchev–Trinajstić information content (AvgIpc) is 1.55. The maximum Gasteiger partial charge on any atom is 0.417 e. The summed E-state index contributed by atoms with van der Waals surface area (Å²) in [6.45, 7) is 24.3. The van der Waals surface area contributed by atoms with Crippen LogP contribution in [0.3, 0.4) is 0 Å². The van der Waals surface area contributed by atoms with Crippen LogP contribution in [-0.4, -0.2) is 37.4 Å². The number of pyridine rings is 2. The maximum atomic E-state index is 17.0. The fourth-order valence-electron chi connectivity index (χ4n) is 21.8. The third kappa shape index (κ3) is 13.8. The topological polar surface area (TPSA) is 55.4 Å². The molecule has 138 heavy (non-hydrogen) atoms. The Labute approximate surface area is 794 Å². The molecule has 0 fully saturated rings. The molecule has 0 unspecified atom stereocenters. The van der Waals surface area contributed by atoms with Gasteiger partial charge < -0.3 is 27.4 Å². The third-order valence-electron chi connectivity index (χ3n) is 28.7. The standard InChI is InChI=1S/C124H96F6N8/c1-119(2,3)77-50-59-110-91(63-77)92-64-78(120(4,5)6)51-60-111(92)136(110)117-71-97(123(125,126)127)95(101-41-28-39-99(131-101)75-30-14-12-15-31-75)69-115(117)135-109-58-49-79(121(7,8)9)65-93(109)94-66-80(52-61-112(94)135)122(10,11)73-74-48-57-108-90(62-74)87-38-22-25-45-105(87)134(108)82-54-56-89-86-37-21-27-47-107(86)138(114(89)68-82)118-72-98(124(128,129)130)96(102-42-29-40-100(132-102)76-32-16-13-17-33-76)70-116(118)137-106-46-26-20-36-85(106)88-55-53-81(67-113(88)137)133-103-43-23-18-34-83(103)84-35-19-24-44-104(84)133/h12-72H,73H2,1-11H3. The molecule has 14 heteroatoms. The smallest absolute Gasteiger partial charge is 0.309 e. The summed E-state index contributed by atoms with van der Waals surface area (Å²) >= 11 is 0. The van der Waals surface area contributed by atoms with Gasteiger partial charge in [0.1, 0.15) is 0 Å². The molecule has 0 aliphatic carbocycles. The molecule has 16 aromatic carbocycles. The lowest BCUT2D eigenvalue weighted by Gasteiger charge is -2.26. The van der Waals surface area contributed by atoms with Crippen LogP contribution in [0.1, 0.15) is 115 Å². The number of halogens is 6. The van der Waals surface area contributed by atoms with Crippen molar-refractivity contribution in [3.8, 4) is 79.2 Å². The Kier molecular flexibility index (Phi) is 19.2. The van der Waals surface area contributed by atoms with Gasteiger partial charge >= 0.3 is 12.4 Å². The highest BCUT2D eigenvalue weighted by molar-refractivity contribution is 6.17. The lowest BCUT2D eigenvalue weighted by atomic mass is 9.78. The van der Waals surface area contributed by atoms with E-state index in [1.54, 1.807) is 36.4 Å². The van der Waals surface area contributed by atoms with Crippen LogP contribution in [0.4, 0.5) is 26.3 Å². The Morgan fingerprint density at radius 2 is 0.486 bits per heavy atom. The molecule has 0 saturated carbocycles. The fraction of sp³-hybridized carbons (Fsp3) is 0.145. The van der Waals surface area contributed by atoms with E-state index in [1.807, 2.05) is 108 Å². The molecule has 674 valence electrons. The third-order valence-corrected chi connectivity index (χ3v) is 28.7. The maximum absolute atomic E-state index is 17.0. The van der Waals surface area contributed by atoms with Gasteiger partial charge in [-0.1, -0.05) is 282 Å². The number of para-hydroxylation sites is 5. The minimum atomic E-state index is -4.87. The Balaban J connectivity index is 0.675. The van der Waals surface area contributed by atoms with Gasteiger partial charge in [-0.25, -0.2) is 9.97 Å². The molecule has 24 rings (SSSR count). The first-order valence-corrected chi connectivity index (χ1v) is 47.2. The van der Waals surface area contributed by atoms with Crippen molar-refractivity contribution in [3.63, 3.8) is 0 Å². The number of nitrogens with zero attached hydrogens (tertiary/aromatic N) is 8. The van der Waals surface area contributed by atoms with E-state index in [0.717, 1.165) is 176 Å². The van der Waals surface area contributed by atoms with Crippen molar-refractivity contribution in [2.75, 3.05) is 0 Å². The van der Waals surface area contributed by atoms with Crippen LogP contribution in [0.2, 0.25) is 0 Å². The highest BCUT2D eigenvalue weighted by atomic mass is 19.4. The summed E-state index contributed by atoms with van der Waals surface area (Å²) in [7, 11) is 0. The summed E-state index contributed by atoms with van der Waals surface area (Å²) in [5, 5.41) is 11.7. The number of alkyl halides is 6. The summed E-state index contributed by atoms with van der Waals surface area (Å²) in [6.07, 6.45) is -9.09. The average molecular weight is 1810 g/mol. The molecule has 24 aromatic rings. The normalized spacial score (nSPS) is 12.8. The summed E-state index contributed by atoms with van der Waals surface area (Å²) in [4.78, 5) is 10.2. The van der Waals surface area contributed by atoms with Gasteiger partial charge in [-0.15, -0.1) is 0 Å². The number of rotatable bonds is 13. The van der Waals surface area contributed by atoms with Gasteiger partial charge in [-0.3, -0.25) is 0 Å². The lowest BCUT2D eigenvalue weighted by Crippen LogP contribution is -2.20. The molecule has 0 bridgehead atoms. The van der Waals surface area contributed by atoms with Gasteiger partial charge in [0.2, 0.25) is 0 Å². The van der Waals surface area contributed by atoms with Crippen molar-refractivity contribution < 1.29 is 26.3 Å². The van der Waals surface area contributed by atoms with Crippen LogP contribution < -0.4 is 0 Å².